The Morgan fingerprint density at radius 2 is 2.56 bits per heavy atom. The molecular formula is C6H11BrN2. The van der Waals surface area contributed by atoms with Gasteiger partial charge in [0.25, 0.3) is 0 Å². The zero-order valence-electron chi connectivity index (χ0n) is 5.47. The van der Waals surface area contributed by atoms with Gasteiger partial charge in [0.2, 0.25) is 0 Å². The molecule has 0 fully saturated rings. The fourth-order valence-corrected chi connectivity index (χ4v) is 1.28. The zero-order chi connectivity index (χ0) is 6.69. The van der Waals surface area contributed by atoms with Crippen LogP contribution in [-0.4, -0.2) is 22.9 Å². The van der Waals surface area contributed by atoms with Crippen LogP contribution < -0.4 is 5.32 Å². The van der Waals surface area contributed by atoms with Crippen molar-refractivity contribution in [2.24, 2.45) is 0 Å². The van der Waals surface area contributed by atoms with Crippen LogP contribution in [0.3, 0.4) is 0 Å². The van der Waals surface area contributed by atoms with Crippen LogP contribution in [0.4, 0.5) is 0 Å². The van der Waals surface area contributed by atoms with E-state index in [0.717, 1.165) is 11.9 Å². The molecule has 2 nitrogen and oxygen atoms in total. The second-order valence-electron chi connectivity index (χ2n) is 2.09. The Bertz CT molecular complexity index is 114. The number of hydrogen-bond acceptors (Lipinski definition) is 2. The van der Waals surface area contributed by atoms with Gasteiger partial charge in [0.1, 0.15) is 0 Å². The smallest absolute Gasteiger partial charge is 0.0952 e. The maximum absolute atomic E-state index is 3.38. The summed E-state index contributed by atoms with van der Waals surface area (Å²) in [4.78, 5) is 2.24. The van der Waals surface area contributed by atoms with Crippen LogP contribution in [0, 0.1) is 0 Å². The molecule has 0 radical (unpaired) electrons. The molecule has 1 heterocycles. The van der Waals surface area contributed by atoms with Crippen molar-refractivity contribution in [3.8, 4) is 0 Å². The van der Waals surface area contributed by atoms with Crippen molar-refractivity contribution in [1.29, 1.82) is 0 Å². The zero-order valence-corrected chi connectivity index (χ0v) is 7.06. The molecule has 9 heavy (non-hydrogen) atoms. The summed E-state index contributed by atoms with van der Waals surface area (Å²) in [5.74, 6) is 0. The Kier molecular flexibility index (Phi) is 2.39. The number of nitrogens with one attached hydrogen (secondary N) is 1. The molecule has 52 valence electrons. The van der Waals surface area contributed by atoms with Gasteiger partial charge in [-0.3, -0.25) is 0 Å². The lowest BCUT2D eigenvalue weighted by Gasteiger charge is -2.20. The third-order valence-electron chi connectivity index (χ3n) is 1.44. The standard InChI is InChI=1S/C6H11BrN2/c1-6-8-3-5-9(6)4-2-7/h3,5-6,8H,2,4H2,1H3. The highest BCUT2D eigenvalue weighted by atomic mass is 79.9. The Morgan fingerprint density at radius 1 is 1.78 bits per heavy atom. The molecular weight excluding hydrogens is 180 g/mol. The first kappa shape index (κ1) is 6.93. The number of nitrogens with zero attached hydrogens (tertiary/aromatic N) is 1. The van der Waals surface area contributed by atoms with E-state index in [0.29, 0.717) is 6.17 Å². The second kappa shape index (κ2) is 3.11. The summed E-state index contributed by atoms with van der Waals surface area (Å²) in [6, 6.07) is 0. The first-order valence-corrected chi connectivity index (χ1v) is 4.21. The van der Waals surface area contributed by atoms with Crippen LogP contribution in [0.25, 0.3) is 0 Å². The first-order valence-electron chi connectivity index (χ1n) is 3.09. The Labute approximate surface area is 64.0 Å². The quantitative estimate of drug-likeness (QED) is 0.657. The molecule has 1 atom stereocenters. The average Bonchev–Trinajstić information content (AvgIpc) is 2.18. The van der Waals surface area contributed by atoms with E-state index in [4.69, 9.17) is 0 Å². The Hall–Kier alpha value is -0.180. The molecule has 1 unspecified atom stereocenters. The van der Waals surface area contributed by atoms with Crippen LogP contribution in [0.5, 0.6) is 0 Å². The minimum absolute atomic E-state index is 0.475. The van der Waals surface area contributed by atoms with Gasteiger partial charge in [-0.1, -0.05) is 15.9 Å². The van der Waals surface area contributed by atoms with Crippen LogP contribution in [0.2, 0.25) is 0 Å². The number of halogens is 1. The second-order valence-corrected chi connectivity index (χ2v) is 2.88. The molecule has 0 aromatic rings. The highest BCUT2D eigenvalue weighted by Crippen LogP contribution is 2.03. The minimum Gasteiger partial charge on any atom is -0.370 e. The van der Waals surface area contributed by atoms with E-state index < -0.39 is 0 Å². The summed E-state index contributed by atoms with van der Waals surface area (Å²) < 4.78 is 0. The van der Waals surface area contributed by atoms with E-state index in [2.05, 4.69) is 39.3 Å². The predicted molar refractivity (Wildman–Crippen MR) is 42.2 cm³/mol. The summed E-state index contributed by atoms with van der Waals surface area (Å²) in [5.41, 5.74) is 0. The van der Waals surface area contributed by atoms with Gasteiger partial charge in [0.05, 0.1) is 6.17 Å². The third kappa shape index (κ3) is 1.61. The van der Waals surface area contributed by atoms with E-state index in [1.165, 1.54) is 0 Å². The lowest BCUT2D eigenvalue weighted by molar-refractivity contribution is 0.315. The highest BCUT2D eigenvalue weighted by Gasteiger charge is 2.10. The van der Waals surface area contributed by atoms with Crippen molar-refractivity contribution < 1.29 is 0 Å². The van der Waals surface area contributed by atoms with Gasteiger partial charge in [0.15, 0.2) is 0 Å². The molecule has 0 amide bonds. The Balaban J connectivity index is 2.31. The van der Waals surface area contributed by atoms with Gasteiger partial charge in [0, 0.05) is 24.3 Å². The molecule has 0 saturated heterocycles. The molecule has 1 rings (SSSR count). The molecule has 1 N–H and O–H groups in total. The Morgan fingerprint density at radius 3 is 3.00 bits per heavy atom. The summed E-state index contributed by atoms with van der Waals surface area (Å²) in [5, 5.41) is 4.21. The maximum Gasteiger partial charge on any atom is 0.0952 e. The minimum atomic E-state index is 0.475. The van der Waals surface area contributed by atoms with Crippen molar-refractivity contribution in [2.45, 2.75) is 13.1 Å². The fourth-order valence-electron chi connectivity index (χ4n) is 0.869. The molecule has 0 bridgehead atoms. The predicted octanol–water partition coefficient (Wildman–Crippen LogP) is 1.10. The number of hydrogen-bond donors (Lipinski definition) is 1. The average molecular weight is 191 g/mol. The van der Waals surface area contributed by atoms with E-state index in [-0.39, 0.29) is 0 Å². The number of rotatable bonds is 2. The third-order valence-corrected chi connectivity index (χ3v) is 1.80. The summed E-state index contributed by atoms with van der Waals surface area (Å²) in [7, 11) is 0. The highest BCUT2D eigenvalue weighted by molar-refractivity contribution is 9.09. The SMILES string of the molecule is CC1NC=CN1CCBr. The van der Waals surface area contributed by atoms with Gasteiger partial charge < -0.3 is 10.2 Å². The normalized spacial score (nSPS) is 24.7. The largest absolute Gasteiger partial charge is 0.370 e. The van der Waals surface area contributed by atoms with Gasteiger partial charge in [-0.15, -0.1) is 0 Å². The van der Waals surface area contributed by atoms with E-state index in [9.17, 15) is 0 Å². The monoisotopic (exact) mass is 190 g/mol. The van der Waals surface area contributed by atoms with Gasteiger partial charge in [-0.05, 0) is 6.92 Å². The van der Waals surface area contributed by atoms with Crippen LogP contribution >= 0.6 is 15.9 Å². The molecule has 0 spiro atoms. The molecule has 0 aliphatic carbocycles. The van der Waals surface area contributed by atoms with Crippen LogP contribution in [-0.2, 0) is 0 Å². The van der Waals surface area contributed by atoms with Gasteiger partial charge in [-0.25, -0.2) is 0 Å². The van der Waals surface area contributed by atoms with Gasteiger partial charge >= 0.3 is 0 Å². The molecule has 0 aromatic carbocycles. The summed E-state index contributed by atoms with van der Waals surface area (Å²) >= 11 is 3.38. The summed E-state index contributed by atoms with van der Waals surface area (Å²) in [6.45, 7) is 3.22. The fraction of sp³-hybridized carbons (Fsp3) is 0.667. The molecule has 1 aliphatic heterocycles. The first-order chi connectivity index (χ1) is 4.34. The van der Waals surface area contributed by atoms with E-state index in [1.807, 2.05) is 6.20 Å². The lowest BCUT2D eigenvalue weighted by Crippen LogP contribution is -2.33. The van der Waals surface area contributed by atoms with Crippen molar-refractivity contribution >= 4 is 15.9 Å². The van der Waals surface area contributed by atoms with Gasteiger partial charge in [-0.2, -0.15) is 0 Å². The molecule has 3 heteroatoms. The molecule has 0 saturated carbocycles. The summed E-state index contributed by atoms with van der Waals surface area (Å²) in [6.07, 6.45) is 4.53. The number of alkyl halides is 1. The van der Waals surface area contributed by atoms with Crippen LogP contribution in [0.1, 0.15) is 6.92 Å². The van der Waals surface area contributed by atoms with E-state index in [1.54, 1.807) is 0 Å². The van der Waals surface area contributed by atoms with Crippen molar-refractivity contribution in [2.75, 3.05) is 11.9 Å². The maximum atomic E-state index is 3.38. The van der Waals surface area contributed by atoms with Crippen molar-refractivity contribution in [1.82, 2.24) is 10.2 Å². The lowest BCUT2D eigenvalue weighted by atomic mass is 10.5. The molecule has 1 aliphatic rings. The van der Waals surface area contributed by atoms with Crippen molar-refractivity contribution in [3.63, 3.8) is 0 Å². The topological polar surface area (TPSA) is 15.3 Å². The van der Waals surface area contributed by atoms with E-state index >= 15 is 0 Å². The molecule has 0 aromatic heterocycles. The van der Waals surface area contributed by atoms with Crippen molar-refractivity contribution in [3.05, 3.63) is 12.4 Å². The van der Waals surface area contributed by atoms with Crippen LogP contribution in [0.15, 0.2) is 12.4 Å².